The van der Waals surface area contributed by atoms with Crippen molar-refractivity contribution in [2.24, 2.45) is 0 Å². The monoisotopic (exact) mass is 325 g/mol. The van der Waals surface area contributed by atoms with Gasteiger partial charge in [0.1, 0.15) is 0 Å². The molecule has 120 valence electrons. The Hall–Kier alpha value is -2.75. The number of hydrogen-bond acceptors (Lipinski definition) is 0. The standard InChI is InChI=1S/C20H14F3N/c1-12-9-16(13-5-3-2-4-6-13)19-17(10-12)15-8-7-14(20(21,22)23)11-18(15)24-19/h2-11,24H,1H3. The van der Waals surface area contributed by atoms with Gasteiger partial charge in [-0.15, -0.1) is 0 Å². The number of fused-ring (bicyclic) bond motifs is 3. The minimum atomic E-state index is -4.34. The van der Waals surface area contributed by atoms with Gasteiger partial charge in [-0.3, -0.25) is 0 Å². The Kier molecular flexibility index (Phi) is 3.17. The van der Waals surface area contributed by atoms with E-state index in [0.717, 1.165) is 39.0 Å². The summed E-state index contributed by atoms with van der Waals surface area (Å²) in [6.07, 6.45) is -4.34. The third kappa shape index (κ3) is 2.35. The van der Waals surface area contributed by atoms with E-state index in [1.807, 2.05) is 43.3 Å². The second kappa shape index (κ2) is 5.13. The van der Waals surface area contributed by atoms with Crippen LogP contribution in [0.25, 0.3) is 32.9 Å². The number of rotatable bonds is 1. The van der Waals surface area contributed by atoms with E-state index in [2.05, 4.69) is 11.1 Å². The molecule has 0 amide bonds. The van der Waals surface area contributed by atoms with Crippen LogP contribution in [0.2, 0.25) is 0 Å². The van der Waals surface area contributed by atoms with E-state index in [-0.39, 0.29) is 0 Å². The minimum Gasteiger partial charge on any atom is -0.354 e. The lowest BCUT2D eigenvalue weighted by Gasteiger charge is -2.06. The molecule has 1 N–H and O–H groups in total. The average Bonchev–Trinajstić information content (AvgIpc) is 2.92. The zero-order chi connectivity index (χ0) is 16.9. The maximum Gasteiger partial charge on any atom is 0.416 e. The Bertz CT molecular complexity index is 1040. The Morgan fingerprint density at radius 3 is 2.29 bits per heavy atom. The molecule has 3 aromatic carbocycles. The van der Waals surface area contributed by atoms with Gasteiger partial charge in [-0.05, 0) is 42.3 Å². The van der Waals surface area contributed by atoms with Crippen molar-refractivity contribution in [2.45, 2.75) is 13.1 Å². The van der Waals surface area contributed by atoms with Gasteiger partial charge in [-0.2, -0.15) is 13.2 Å². The van der Waals surface area contributed by atoms with Gasteiger partial charge in [0, 0.05) is 21.9 Å². The summed E-state index contributed by atoms with van der Waals surface area (Å²) in [7, 11) is 0. The van der Waals surface area contributed by atoms with Crippen molar-refractivity contribution in [2.75, 3.05) is 0 Å². The van der Waals surface area contributed by atoms with Gasteiger partial charge >= 0.3 is 6.18 Å². The van der Waals surface area contributed by atoms with Gasteiger partial charge in [-0.25, -0.2) is 0 Å². The van der Waals surface area contributed by atoms with Crippen LogP contribution in [0.15, 0.2) is 60.7 Å². The van der Waals surface area contributed by atoms with E-state index in [1.54, 1.807) is 6.07 Å². The van der Waals surface area contributed by atoms with Crippen LogP contribution >= 0.6 is 0 Å². The molecule has 4 heteroatoms. The topological polar surface area (TPSA) is 15.8 Å². The molecule has 1 aromatic heterocycles. The maximum atomic E-state index is 13.0. The number of nitrogens with one attached hydrogen (secondary N) is 1. The Morgan fingerprint density at radius 1 is 0.833 bits per heavy atom. The van der Waals surface area contributed by atoms with Crippen LogP contribution in [0.1, 0.15) is 11.1 Å². The second-order valence-corrected chi connectivity index (χ2v) is 5.98. The number of benzene rings is 3. The first-order valence-corrected chi connectivity index (χ1v) is 7.62. The highest BCUT2D eigenvalue weighted by atomic mass is 19.4. The van der Waals surface area contributed by atoms with E-state index in [9.17, 15) is 13.2 Å². The highest BCUT2D eigenvalue weighted by Crippen LogP contribution is 2.37. The van der Waals surface area contributed by atoms with Crippen molar-refractivity contribution >= 4 is 21.8 Å². The molecule has 24 heavy (non-hydrogen) atoms. The first kappa shape index (κ1) is 14.8. The summed E-state index contributed by atoms with van der Waals surface area (Å²) in [6, 6.07) is 17.8. The van der Waals surface area contributed by atoms with Crippen LogP contribution < -0.4 is 0 Å². The molecule has 1 heterocycles. The lowest BCUT2D eigenvalue weighted by Crippen LogP contribution is -2.03. The summed E-state index contributed by atoms with van der Waals surface area (Å²) in [5, 5.41) is 1.75. The number of H-pyrrole nitrogens is 1. The molecule has 0 fully saturated rings. The van der Waals surface area contributed by atoms with Crippen LogP contribution in [0.3, 0.4) is 0 Å². The number of aryl methyl sites for hydroxylation is 1. The zero-order valence-electron chi connectivity index (χ0n) is 12.9. The van der Waals surface area contributed by atoms with E-state index in [1.165, 1.54) is 6.07 Å². The van der Waals surface area contributed by atoms with Crippen LogP contribution in [-0.2, 0) is 6.18 Å². The molecule has 0 aliphatic rings. The third-order valence-corrected chi connectivity index (χ3v) is 4.26. The van der Waals surface area contributed by atoms with Crippen molar-refractivity contribution in [1.29, 1.82) is 0 Å². The molecule has 4 aromatic rings. The van der Waals surface area contributed by atoms with Gasteiger partial charge in [0.25, 0.3) is 0 Å². The molecule has 0 saturated carbocycles. The predicted octanol–water partition coefficient (Wildman–Crippen LogP) is 6.32. The molecule has 4 rings (SSSR count). The van der Waals surface area contributed by atoms with Crippen LogP contribution in [0.4, 0.5) is 13.2 Å². The molecule has 0 unspecified atom stereocenters. The smallest absolute Gasteiger partial charge is 0.354 e. The largest absolute Gasteiger partial charge is 0.416 e. The molecule has 0 spiro atoms. The Labute approximate surface area is 136 Å². The molecule has 0 aliphatic heterocycles. The normalized spacial score (nSPS) is 12.2. The summed E-state index contributed by atoms with van der Waals surface area (Å²) < 4.78 is 38.9. The molecule has 0 saturated heterocycles. The van der Waals surface area contributed by atoms with Gasteiger partial charge in [0.05, 0.1) is 11.1 Å². The number of aromatic amines is 1. The molecule has 0 bridgehead atoms. The van der Waals surface area contributed by atoms with Crippen molar-refractivity contribution in [3.8, 4) is 11.1 Å². The zero-order valence-corrected chi connectivity index (χ0v) is 12.9. The average molecular weight is 325 g/mol. The van der Waals surface area contributed by atoms with Gasteiger partial charge in [0.15, 0.2) is 0 Å². The predicted molar refractivity (Wildman–Crippen MR) is 91.0 cm³/mol. The summed E-state index contributed by atoms with van der Waals surface area (Å²) in [5.74, 6) is 0. The molecular weight excluding hydrogens is 311 g/mol. The van der Waals surface area contributed by atoms with Gasteiger partial charge < -0.3 is 4.98 Å². The highest BCUT2D eigenvalue weighted by Gasteiger charge is 2.30. The molecular formula is C20H14F3N. The first-order valence-electron chi connectivity index (χ1n) is 7.62. The van der Waals surface area contributed by atoms with E-state index < -0.39 is 11.7 Å². The molecule has 0 atom stereocenters. The number of alkyl halides is 3. The summed E-state index contributed by atoms with van der Waals surface area (Å²) in [5.41, 5.74) is 3.83. The van der Waals surface area contributed by atoms with Crippen molar-refractivity contribution in [3.05, 3.63) is 71.8 Å². The summed E-state index contributed by atoms with van der Waals surface area (Å²) in [4.78, 5) is 3.18. The molecule has 1 nitrogen and oxygen atoms in total. The fourth-order valence-electron chi connectivity index (χ4n) is 3.17. The van der Waals surface area contributed by atoms with Crippen molar-refractivity contribution in [3.63, 3.8) is 0 Å². The van der Waals surface area contributed by atoms with E-state index >= 15 is 0 Å². The number of hydrogen-bond donors (Lipinski definition) is 1. The van der Waals surface area contributed by atoms with Crippen molar-refractivity contribution < 1.29 is 13.2 Å². The number of halogens is 3. The van der Waals surface area contributed by atoms with Gasteiger partial charge in [-0.1, -0.05) is 36.4 Å². The molecule has 0 radical (unpaired) electrons. The van der Waals surface area contributed by atoms with E-state index in [0.29, 0.717) is 5.52 Å². The van der Waals surface area contributed by atoms with E-state index in [4.69, 9.17) is 0 Å². The van der Waals surface area contributed by atoms with Crippen LogP contribution in [0.5, 0.6) is 0 Å². The highest BCUT2D eigenvalue weighted by molar-refractivity contribution is 6.12. The summed E-state index contributed by atoms with van der Waals surface area (Å²) in [6.45, 7) is 1.99. The Balaban J connectivity index is 2.05. The van der Waals surface area contributed by atoms with Gasteiger partial charge in [0.2, 0.25) is 0 Å². The first-order chi connectivity index (χ1) is 11.4. The second-order valence-electron chi connectivity index (χ2n) is 5.98. The van der Waals surface area contributed by atoms with Crippen LogP contribution in [0, 0.1) is 6.92 Å². The SMILES string of the molecule is Cc1cc(-c2ccccc2)c2[nH]c3cc(C(F)(F)F)ccc3c2c1. The lowest BCUT2D eigenvalue weighted by molar-refractivity contribution is -0.137. The quantitative estimate of drug-likeness (QED) is 0.422. The lowest BCUT2D eigenvalue weighted by atomic mass is 9.99. The summed E-state index contributed by atoms with van der Waals surface area (Å²) >= 11 is 0. The Morgan fingerprint density at radius 2 is 1.58 bits per heavy atom. The number of aromatic nitrogens is 1. The fraction of sp³-hybridized carbons (Fsp3) is 0.100. The third-order valence-electron chi connectivity index (χ3n) is 4.26. The van der Waals surface area contributed by atoms with Crippen LogP contribution in [-0.4, -0.2) is 4.98 Å². The fourth-order valence-corrected chi connectivity index (χ4v) is 3.17. The maximum absolute atomic E-state index is 13.0. The van der Waals surface area contributed by atoms with Crippen molar-refractivity contribution in [1.82, 2.24) is 4.98 Å². The minimum absolute atomic E-state index is 0.502. The molecule has 0 aliphatic carbocycles.